The van der Waals surface area contributed by atoms with Gasteiger partial charge in [0, 0.05) is 0 Å². The van der Waals surface area contributed by atoms with E-state index in [1.165, 1.54) is 0 Å². The SMILES string of the molecule is [C-](=CC=[C-]c1ccsc1)c1ccsc1. The molecule has 0 aliphatic rings. The van der Waals surface area contributed by atoms with Gasteiger partial charge >= 0.3 is 0 Å². The van der Waals surface area contributed by atoms with E-state index in [0.29, 0.717) is 0 Å². The Bertz CT molecular complexity index is 363. The Morgan fingerprint density at radius 1 is 0.857 bits per heavy atom. The van der Waals surface area contributed by atoms with E-state index in [1.54, 1.807) is 22.7 Å². The molecule has 0 nitrogen and oxygen atoms in total. The van der Waals surface area contributed by atoms with Crippen LogP contribution in [0, 0.1) is 12.2 Å². The van der Waals surface area contributed by atoms with Crippen LogP contribution in [0.2, 0.25) is 0 Å². The highest BCUT2D eigenvalue weighted by Crippen LogP contribution is 2.07. The molecule has 70 valence electrons. The summed E-state index contributed by atoms with van der Waals surface area (Å²) in [6.07, 6.45) is 10.1. The summed E-state index contributed by atoms with van der Waals surface area (Å²) < 4.78 is 0. The molecule has 0 radical (unpaired) electrons. The average molecular weight is 216 g/mol. The first-order chi connectivity index (χ1) is 6.95. The quantitative estimate of drug-likeness (QED) is 0.539. The Hall–Kier alpha value is -1.12. The lowest BCUT2D eigenvalue weighted by molar-refractivity contribution is 1.64. The Kier molecular flexibility index (Phi) is 3.33. The molecule has 0 aromatic carbocycles. The van der Waals surface area contributed by atoms with E-state index < -0.39 is 0 Å². The molecule has 14 heavy (non-hydrogen) atoms. The van der Waals surface area contributed by atoms with Gasteiger partial charge in [-0.05, 0) is 0 Å². The third kappa shape index (κ3) is 2.69. The molecule has 0 fully saturated rings. The number of allylic oxidation sites excluding steroid dienone is 2. The van der Waals surface area contributed by atoms with Crippen LogP contribution in [0.1, 0.15) is 11.1 Å². The smallest absolute Gasteiger partial charge is 0.0604 e. The third-order valence-corrected chi connectivity index (χ3v) is 2.99. The molecule has 0 aliphatic carbocycles. The summed E-state index contributed by atoms with van der Waals surface area (Å²) in [5.41, 5.74) is 2.25. The van der Waals surface area contributed by atoms with Gasteiger partial charge in [-0.25, -0.2) is 34.8 Å². The van der Waals surface area contributed by atoms with E-state index in [4.69, 9.17) is 0 Å². The van der Waals surface area contributed by atoms with E-state index in [-0.39, 0.29) is 0 Å². The zero-order chi connectivity index (χ0) is 9.64. The van der Waals surface area contributed by atoms with Crippen LogP contribution in [-0.2, 0) is 0 Å². The van der Waals surface area contributed by atoms with E-state index in [0.717, 1.165) is 11.1 Å². The Morgan fingerprint density at radius 2 is 1.36 bits per heavy atom. The first kappa shape index (κ1) is 9.44. The van der Waals surface area contributed by atoms with E-state index in [9.17, 15) is 0 Å². The van der Waals surface area contributed by atoms with Crippen LogP contribution in [0.3, 0.4) is 0 Å². The highest BCUT2D eigenvalue weighted by Gasteiger charge is 1.72. The number of hydrogen-bond donors (Lipinski definition) is 0. The number of thiophene rings is 2. The van der Waals surface area contributed by atoms with Crippen molar-refractivity contribution in [3.63, 3.8) is 0 Å². The van der Waals surface area contributed by atoms with Crippen molar-refractivity contribution in [2.45, 2.75) is 0 Å². The highest BCUT2D eigenvalue weighted by atomic mass is 32.1. The van der Waals surface area contributed by atoms with E-state index in [1.807, 2.05) is 35.0 Å². The summed E-state index contributed by atoms with van der Waals surface area (Å²) in [6.45, 7) is 0. The maximum absolute atomic E-state index is 3.16. The Morgan fingerprint density at radius 3 is 1.71 bits per heavy atom. The normalized spacial score (nSPS) is 11.7. The van der Waals surface area contributed by atoms with Gasteiger partial charge in [0.05, 0.1) is 0 Å². The molecule has 0 amide bonds. The standard InChI is InChI=1S/C12H8S2/c1(3-11-5-7-13-9-11)2-4-12-6-8-14-10-12/h1-2,5-10H/q-2. The van der Waals surface area contributed by atoms with Crippen molar-refractivity contribution in [3.8, 4) is 0 Å². The third-order valence-electron chi connectivity index (χ3n) is 1.63. The molecule has 0 N–H and O–H groups in total. The van der Waals surface area contributed by atoms with Gasteiger partial charge in [0.1, 0.15) is 0 Å². The molecular weight excluding hydrogens is 208 g/mol. The van der Waals surface area contributed by atoms with Crippen LogP contribution < -0.4 is 0 Å². The second-order valence-electron chi connectivity index (χ2n) is 2.65. The predicted molar refractivity (Wildman–Crippen MR) is 62.5 cm³/mol. The fraction of sp³-hybridized carbons (Fsp3) is 0. The summed E-state index contributed by atoms with van der Waals surface area (Å²) in [5.74, 6) is 0. The molecule has 2 rings (SSSR count). The molecular formula is C12H8S2-2. The van der Waals surface area contributed by atoms with Gasteiger partial charge < -0.3 is 0 Å². The van der Waals surface area contributed by atoms with Crippen LogP contribution in [0.5, 0.6) is 0 Å². The minimum Gasteiger partial charge on any atom is -0.219 e. The van der Waals surface area contributed by atoms with Gasteiger partial charge in [-0.1, -0.05) is 21.5 Å². The predicted octanol–water partition coefficient (Wildman–Crippen LogP) is 3.92. The highest BCUT2D eigenvalue weighted by molar-refractivity contribution is 7.08. The van der Waals surface area contributed by atoms with Crippen LogP contribution in [-0.4, -0.2) is 0 Å². The summed E-state index contributed by atoms with van der Waals surface area (Å²) in [4.78, 5) is 0. The van der Waals surface area contributed by atoms with Gasteiger partial charge in [-0.2, -0.15) is 12.2 Å². The molecule has 2 aromatic rings. The summed E-state index contributed by atoms with van der Waals surface area (Å²) in [7, 11) is 0. The first-order valence-electron chi connectivity index (χ1n) is 4.17. The lowest BCUT2D eigenvalue weighted by Crippen LogP contribution is -1.64. The maximum atomic E-state index is 3.16. The minimum atomic E-state index is 1.12. The van der Waals surface area contributed by atoms with Gasteiger partial charge in [0.25, 0.3) is 0 Å². The Balaban J connectivity index is 1.94. The topological polar surface area (TPSA) is 0 Å². The molecule has 0 bridgehead atoms. The van der Waals surface area contributed by atoms with Gasteiger partial charge in [0.15, 0.2) is 0 Å². The zero-order valence-corrected chi connectivity index (χ0v) is 9.07. The second-order valence-corrected chi connectivity index (χ2v) is 4.21. The molecule has 0 spiro atoms. The van der Waals surface area contributed by atoms with Crippen molar-refractivity contribution in [2.75, 3.05) is 0 Å². The number of rotatable bonds is 3. The molecule has 0 atom stereocenters. The molecule has 2 heteroatoms. The lowest BCUT2D eigenvalue weighted by atomic mass is 10.2. The van der Waals surface area contributed by atoms with Crippen molar-refractivity contribution in [1.29, 1.82) is 0 Å². The maximum Gasteiger partial charge on any atom is -0.0604 e. The summed E-state index contributed by atoms with van der Waals surface area (Å²) in [5, 5.41) is 8.22. The van der Waals surface area contributed by atoms with Gasteiger partial charge in [-0.15, -0.1) is 23.3 Å². The Labute approximate surface area is 91.8 Å². The molecule has 0 saturated heterocycles. The molecule has 0 saturated carbocycles. The fourth-order valence-electron chi connectivity index (χ4n) is 0.969. The minimum absolute atomic E-state index is 1.12. The van der Waals surface area contributed by atoms with E-state index >= 15 is 0 Å². The van der Waals surface area contributed by atoms with Crippen molar-refractivity contribution in [2.24, 2.45) is 0 Å². The first-order valence-corrected chi connectivity index (χ1v) is 6.06. The summed E-state index contributed by atoms with van der Waals surface area (Å²) in [6, 6.07) is 4.08. The van der Waals surface area contributed by atoms with Crippen LogP contribution in [0.15, 0.2) is 45.8 Å². The lowest BCUT2D eigenvalue weighted by Gasteiger charge is -1.94. The average Bonchev–Trinajstić information content (AvgIpc) is 2.86. The zero-order valence-electron chi connectivity index (χ0n) is 7.44. The van der Waals surface area contributed by atoms with Crippen LogP contribution in [0.25, 0.3) is 0 Å². The van der Waals surface area contributed by atoms with Gasteiger partial charge in [0.2, 0.25) is 0 Å². The largest absolute Gasteiger partial charge is 0.219 e. The van der Waals surface area contributed by atoms with Gasteiger partial charge in [-0.3, -0.25) is 0 Å². The van der Waals surface area contributed by atoms with Crippen molar-refractivity contribution in [1.82, 2.24) is 0 Å². The second kappa shape index (κ2) is 4.94. The van der Waals surface area contributed by atoms with Crippen LogP contribution in [0.4, 0.5) is 0 Å². The number of hydrogen-bond acceptors (Lipinski definition) is 2. The van der Waals surface area contributed by atoms with Crippen molar-refractivity contribution >= 4 is 22.7 Å². The van der Waals surface area contributed by atoms with Crippen molar-refractivity contribution in [3.05, 3.63) is 69.1 Å². The van der Waals surface area contributed by atoms with Crippen LogP contribution >= 0.6 is 22.7 Å². The fourth-order valence-corrected chi connectivity index (χ4v) is 2.16. The molecule has 0 unspecified atom stereocenters. The monoisotopic (exact) mass is 216 g/mol. The summed E-state index contributed by atoms with van der Waals surface area (Å²) >= 11 is 3.36. The van der Waals surface area contributed by atoms with Crippen molar-refractivity contribution < 1.29 is 0 Å². The van der Waals surface area contributed by atoms with E-state index in [2.05, 4.69) is 22.9 Å². The molecule has 0 aliphatic heterocycles. The molecule has 2 aromatic heterocycles. The molecule has 2 heterocycles.